The highest BCUT2D eigenvalue weighted by atomic mass is 16.3. The second kappa shape index (κ2) is 8.75. The molecule has 1 aromatic rings. The third-order valence-corrected chi connectivity index (χ3v) is 3.47. The molecule has 3 heteroatoms. The highest BCUT2D eigenvalue weighted by Gasteiger charge is 2.15. The van der Waals surface area contributed by atoms with Gasteiger partial charge in [-0.25, -0.2) is 0 Å². The van der Waals surface area contributed by atoms with Crippen LogP contribution in [0.4, 0.5) is 0 Å². The van der Waals surface area contributed by atoms with Gasteiger partial charge in [0.05, 0.1) is 6.10 Å². The van der Waals surface area contributed by atoms with Gasteiger partial charge in [0.1, 0.15) is 0 Å². The van der Waals surface area contributed by atoms with Crippen molar-refractivity contribution in [3.63, 3.8) is 0 Å². The number of nitrogens with zero attached hydrogens (tertiary/aromatic N) is 1. The number of amides is 1. The molecule has 0 aliphatic carbocycles. The lowest BCUT2D eigenvalue weighted by molar-refractivity contribution is 0.0750. The summed E-state index contributed by atoms with van der Waals surface area (Å²) in [6.07, 6.45) is 3.70. The first kappa shape index (κ1) is 16.7. The number of carbonyl (C=O) groups is 1. The lowest BCUT2D eigenvalue weighted by Gasteiger charge is -2.23. The van der Waals surface area contributed by atoms with Crippen LogP contribution in [0.3, 0.4) is 0 Å². The first-order chi connectivity index (χ1) is 9.60. The lowest BCUT2D eigenvalue weighted by Crippen LogP contribution is -2.33. The Morgan fingerprint density at radius 1 is 1.20 bits per heavy atom. The van der Waals surface area contributed by atoms with Crippen LogP contribution in [-0.4, -0.2) is 29.0 Å². The first-order valence-electron chi connectivity index (χ1n) is 7.67. The van der Waals surface area contributed by atoms with E-state index in [2.05, 4.69) is 13.8 Å². The molecule has 0 aliphatic heterocycles. The number of hydrogen-bond acceptors (Lipinski definition) is 2. The molecule has 3 nitrogen and oxygen atoms in total. The Balaban J connectivity index is 2.84. The van der Waals surface area contributed by atoms with E-state index in [9.17, 15) is 9.90 Å². The van der Waals surface area contributed by atoms with Crippen molar-refractivity contribution in [1.82, 2.24) is 4.90 Å². The maximum absolute atomic E-state index is 12.6. The highest BCUT2D eigenvalue weighted by Crippen LogP contribution is 2.15. The SMILES string of the molecule is CCCCN(CCCC)C(=O)c1cccc(C(C)O)c1. The molecule has 112 valence electrons. The summed E-state index contributed by atoms with van der Waals surface area (Å²) in [4.78, 5) is 14.5. The van der Waals surface area contributed by atoms with E-state index < -0.39 is 6.10 Å². The topological polar surface area (TPSA) is 40.5 Å². The monoisotopic (exact) mass is 277 g/mol. The molecule has 0 aliphatic rings. The van der Waals surface area contributed by atoms with Crippen molar-refractivity contribution >= 4 is 5.91 Å². The molecular formula is C17H27NO2. The fourth-order valence-corrected chi connectivity index (χ4v) is 2.13. The second-order valence-corrected chi connectivity index (χ2v) is 5.30. The Bertz CT molecular complexity index is 407. The summed E-state index contributed by atoms with van der Waals surface area (Å²) >= 11 is 0. The van der Waals surface area contributed by atoms with E-state index in [0.29, 0.717) is 5.56 Å². The van der Waals surface area contributed by atoms with Gasteiger partial charge in [-0.2, -0.15) is 0 Å². The van der Waals surface area contributed by atoms with Crippen molar-refractivity contribution in [2.75, 3.05) is 13.1 Å². The third-order valence-electron chi connectivity index (χ3n) is 3.47. The standard InChI is InChI=1S/C17H27NO2/c1-4-6-11-18(12-7-5-2)17(20)16-10-8-9-15(13-16)14(3)19/h8-10,13-14,19H,4-7,11-12H2,1-3H3. The average molecular weight is 277 g/mol. The zero-order valence-electron chi connectivity index (χ0n) is 12.9. The summed E-state index contributed by atoms with van der Waals surface area (Å²) in [5, 5.41) is 9.63. The van der Waals surface area contributed by atoms with Crippen LogP contribution in [0.2, 0.25) is 0 Å². The van der Waals surface area contributed by atoms with Crippen molar-refractivity contribution in [3.8, 4) is 0 Å². The van der Waals surface area contributed by atoms with Gasteiger partial charge in [-0.15, -0.1) is 0 Å². The Kier molecular flexibility index (Phi) is 7.31. The average Bonchev–Trinajstić information content (AvgIpc) is 2.47. The number of carbonyl (C=O) groups excluding carboxylic acids is 1. The van der Waals surface area contributed by atoms with E-state index in [-0.39, 0.29) is 5.91 Å². The van der Waals surface area contributed by atoms with Crippen molar-refractivity contribution in [1.29, 1.82) is 0 Å². The van der Waals surface area contributed by atoms with Crippen LogP contribution in [0, 0.1) is 0 Å². The number of benzene rings is 1. The minimum atomic E-state index is -0.539. The normalized spacial score (nSPS) is 12.2. The fraction of sp³-hybridized carbons (Fsp3) is 0.588. The Morgan fingerprint density at radius 3 is 2.30 bits per heavy atom. The van der Waals surface area contributed by atoms with E-state index >= 15 is 0 Å². The van der Waals surface area contributed by atoms with Gasteiger partial charge in [0.15, 0.2) is 0 Å². The molecule has 0 fully saturated rings. The van der Waals surface area contributed by atoms with Gasteiger partial charge in [-0.1, -0.05) is 38.8 Å². The summed E-state index contributed by atoms with van der Waals surface area (Å²) in [6.45, 7) is 7.62. The minimum absolute atomic E-state index is 0.0781. The molecule has 0 radical (unpaired) electrons. The number of unbranched alkanes of at least 4 members (excludes halogenated alkanes) is 2. The molecule has 0 heterocycles. The molecule has 1 unspecified atom stereocenters. The minimum Gasteiger partial charge on any atom is -0.389 e. The predicted octanol–water partition coefficient (Wildman–Crippen LogP) is 3.78. The smallest absolute Gasteiger partial charge is 0.253 e. The second-order valence-electron chi connectivity index (χ2n) is 5.30. The molecule has 1 amide bonds. The fourth-order valence-electron chi connectivity index (χ4n) is 2.13. The van der Waals surface area contributed by atoms with Gasteiger partial charge in [0.2, 0.25) is 0 Å². The third kappa shape index (κ3) is 4.97. The number of hydrogen-bond donors (Lipinski definition) is 1. The Labute approximate surface area is 122 Å². The summed E-state index contributed by atoms with van der Waals surface area (Å²) in [7, 11) is 0. The van der Waals surface area contributed by atoms with Crippen molar-refractivity contribution in [2.45, 2.75) is 52.6 Å². The number of aliphatic hydroxyl groups excluding tert-OH is 1. The highest BCUT2D eigenvalue weighted by molar-refractivity contribution is 5.94. The van der Waals surface area contributed by atoms with Crippen molar-refractivity contribution in [3.05, 3.63) is 35.4 Å². The Morgan fingerprint density at radius 2 is 1.80 bits per heavy atom. The summed E-state index contributed by atoms with van der Waals surface area (Å²) in [5.74, 6) is 0.0781. The van der Waals surface area contributed by atoms with E-state index in [1.165, 1.54) is 0 Å². The Hall–Kier alpha value is -1.35. The van der Waals surface area contributed by atoms with E-state index in [0.717, 1.165) is 44.3 Å². The lowest BCUT2D eigenvalue weighted by atomic mass is 10.1. The van der Waals surface area contributed by atoms with Gasteiger partial charge in [0, 0.05) is 18.7 Å². The van der Waals surface area contributed by atoms with Gasteiger partial charge in [-0.3, -0.25) is 4.79 Å². The molecule has 1 rings (SSSR count). The number of aliphatic hydroxyl groups is 1. The largest absolute Gasteiger partial charge is 0.389 e. The van der Waals surface area contributed by atoms with Crippen molar-refractivity contribution in [2.24, 2.45) is 0 Å². The van der Waals surface area contributed by atoms with Crippen molar-refractivity contribution < 1.29 is 9.90 Å². The van der Waals surface area contributed by atoms with Crippen LogP contribution in [-0.2, 0) is 0 Å². The van der Waals surface area contributed by atoms with Crippen LogP contribution < -0.4 is 0 Å². The quantitative estimate of drug-likeness (QED) is 0.785. The molecule has 1 atom stereocenters. The zero-order chi connectivity index (χ0) is 15.0. The summed E-state index contributed by atoms with van der Waals surface area (Å²) in [5.41, 5.74) is 1.47. The van der Waals surface area contributed by atoms with E-state index in [4.69, 9.17) is 0 Å². The zero-order valence-corrected chi connectivity index (χ0v) is 12.9. The van der Waals surface area contributed by atoms with Crippen LogP contribution in [0.1, 0.15) is 68.5 Å². The van der Waals surface area contributed by atoms with E-state index in [1.54, 1.807) is 13.0 Å². The maximum Gasteiger partial charge on any atom is 0.253 e. The van der Waals surface area contributed by atoms with Crippen LogP contribution in [0.25, 0.3) is 0 Å². The van der Waals surface area contributed by atoms with Crippen LogP contribution >= 0.6 is 0 Å². The van der Waals surface area contributed by atoms with Crippen LogP contribution in [0.5, 0.6) is 0 Å². The molecule has 1 aromatic carbocycles. The molecule has 0 saturated heterocycles. The maximum atomic E-state index is 12.6. The molecule has 1 N–H and O–H groups in total. The molecule has 0 bridgehead atoms. The van der Waals surface area contributed by atoms with Gasteiger partial charge >= 0.3 is 0 Å². The number of rotatable bonds is 8. The molecule has 0 aromatic heterocycles. The van der Waals surface area contributed by atoms with Gasteiger partial charge in [0.25, 0.3) is 5.91 Å². The predicted molar refractivity (Wildman–Crippen MR) is 82.8 cm³/mol. The van der Waals surface area contributed by atoms with E-state index in [1.807, 2.05) is 23.1 Å². The van der Waals surface area contributed by atoms with Crippen LogP contribution in [0.15, 0.2) is 24.3 Å². The summed E-state index contributed by atoms with van der Waals surface area (Å²) in [6, 6.07) is 7.33. The summed E-state index contributed by atoms with van der Waals surface area (Å²) < 4.78 is 0. The molecule has 0 spiro atoms. The molecule has 20 heavy (non-hydrogen) atoms. The molecule has 0 saturated carbocycles. The first-order valence-corrected chi connectivity index (χ1v) is 7.67. The van der Waals surface area contributed by atoms with Gasteiger partial charge < -0.3 is 10.0 Å². The van der Waals surface area contributed by atoms with Gasteiger partial charge in [-0.05, 0) is 37.5 Å². The molecular weight excluding hydrogens is 250 g/mol.